The molecule has 4 aromatic rings. The molecule has 0 unspecified atom stereocenters. The highest BCUT2D eigenvalue weighted by Crippen LogP contribution is 2.42. The van der Waals surface area contributed by atoms with Gasteiger partial charge < -0.3 is 10.2 Å². The van der Waals surface area contributed by atoms with Crippen molar-refractivity contribution < 1.29 is 10.2 Å². The summed E-state index contributed by atoms with van der Waals surface area (Å²) in [6, 6.07) is 20.5. The molecule has 0 spiro atoms. The van der Waals surface area contributed by atoms with Crippen molar-refractivity contribution in [1.29, 1.82) is 0 Å². The maximum atomic E-state index is 11.6. The van der Waals surface area contributed by atoms with Crippen LogP contribution in [0, 0.1) is 0 Å². The topological polar surface area (TPSA) is 40.5 Å². The molecular formula is C26H30O2Si2. The fraction of sp³-hybridized carbons (Fsp3) is 0.231. The Labute approximate surface area is 180 Å². The first-order valence-corrected chi connectivity index (χ1v) is 17.5. The zero-order chi connectivity index (χ0) is 21.8. The number of hydrogen-bond donors (Lipinski definition) is 2. The predicted molar refractivity (Wildman–Crippen MR) is 136 cm³/mol. The Hall–Kier alpha value is -2.57. The monoisotopic (exact) mass is 430 g/mol. The van der Waals surface area contributed by atoms with Gasteiger partial charge >= 0.3 is 0 Å². The first-order chi connectivity index (χ1) is 14.0. The third-order valence-corrected chi connectivity index (χ3v) is 9.93. The molecule has 0 atom stereocenters. The van der Waals surface area contributed by atoms with Gasteiger partial charge in [0.2, 0.25) is 0 Å². The third kappa shape index (κ3) is 3.34. The van der Waals surface area contributed by atoms with Crippen LogP contribution in [0.4, 0.5) is 0 Å². The summed E-state index contributed by atoms with van der Waals surface area (Å²) in [5.41, 5.74) is 1.65. The van der Waals surface area contributed by atoms with Crippen molar-refractivity contribution in [2.45, 2.75) is 39.3 Å². The normalized spacial score (nSPS) is 12.6. The standard InChI is InChI=1S/C26H30O2Si2/c1-29(2,3)21-15-17-11-7-9-13-19(17)25(27)23(21)24-22(30(4,5)6)16-18-12-8-10-14-20(18)26(24)28/h7-16,27-28H,1-6H3. The first-order valence-electron chi connectivity index (χ1n) is 10.5. The van der Waals surface area contributed by atoms with E-state index in [-0.39, 0.29) is 11.5 Å². The Morgan fingerprint density at radius 3 is 1.20 bits per heavy atom. The summed E-state index contributed by atoms with van der Waals surface area (Å²) in [6.07, 6.45) is 0. The van der Waals surface area contributed by atoms with Gasteiger partial charge in [0, 0.05) is 21.9 Å². The molecule has 0 fully saturated rings. The minimum absolute atomic E-state index is 0.288. The Bertz CT molecular complexity index is 1180. The highest BCUT2D eigenvalue weighted by Gasteiger charge is 2.31. The number of aromatic hydroxyl groups is 2. The van der Waals surface area contributed by atoms with Crippen molar-refractivity contribution in [3.8, 4) is 22.6 Å². The van der Waals surface area contributed by atoms with Gasteiger partial charge in [0.1, 0.15) is 11.5 Å². The van der Waals surface area contributed by atoms with Crippen LogP contribution in [0.5, 0.6) is 11.5 Å². The zero-order valence-electron chi connectivity index (χ0n) is 18.7. The van der Waals surface area contributed by atoms with Crippen LogP contribution >= 0.6 is 0 Å². The van der Waals surface area contributed by atoms with E-state index in [1.165, 1.54) is 10.4 Å². The van der Waals surface area contributed by atoms with E-state index < -0.39 is 16.1 Å². The van der Waals surface area contributed by atoms with Gasteiger partial charge in [-0.25, -0.2) is 0 Å². The minimum atomic E-state index is -1.84. The number of phenols is 2. The lowest BCUT2D eigenvalue weighted by molar-refractivity contribution is 0.476. The van der Waals surface area contributed by atoms with Crippen molar-refractivity contribution in [3.63, 3.8) is 0 Å². The molecule has 0 amide bonds. The van der Waals surface area contributed by atoms with Gasteiger partial charge in [-0.1, -0.05) is 99.9 Å². The number of benzene rings is 4. The van der Waals surface area contributed by atoms with Crippen LogP contribution in [0.2, 0.25) is 39.3 Å². The summed E-state index contributed by atoms with van der Waals surface area (Å²) in [5.74, 6) is 0.575. The van der Waals surface area contributed by atoms with Crippen LogP contribution in [0.1, 0.15) is 0 Å². The molecule has 0 bridgehead atoms. The van der Waals surface area contributed by atoms with E-state index in [2.05, 4.69) is 63.5 Å². The molecule has 154 valence electrons. The Balaban J connectivity index is 2.25. The molecule has 4 rings (SSSR count). The second-order valence-electron chi connectivity index (χ2n) is 10.2. The van der Waals surface area contributed by atoms with Crippen LogP contribution in [-0.4, -0.2) is 26.4 Å². The van der Waals surface area contributed by atoms with Gasteiger partial charge in [0.25, 0.3) is 0 Å². The maximum absolute atomic E-state index is 11.6. The van der Waals surface area contributed by atoms with Crippen molar-refractivity contribution in [1.82, 2.24) is 0 Å². The molecule has 4 aromatic carbocycles. The summed E-state index contributed by atoms with van der Waals surface area (Å²) in [7, 11) is -3.67. The number of phenolic OH excluding ortho intramolecular Hbond substituents is 2. The lowest BCUT2D eigenvalue weighted by atomic mass is 9.95. The van der Waals surface area contributed by atoms with Crippen LogP contribution in [-0.2, 0) is 0 Å². The van der Waals surface area contributed by atoms with Crippen molar-refractivity contribution in [2.75, 3.05) is 0 Å². The van der Waals surface area contributed by atoms with Gasteiger partial charge in [-0.05, 0) is 21.1 Å². The number of fused-ring (bicyclic) bond motifs is 2. The average Bonchev–Trinajstić information content (AvgIpc) is 2.67. The summed E-state index contributed by atoms with van der Waals surface area (Å²) in [4.78, 5) is 0. The lowest BCUT2D eigenvalue weighted by Crippen LogP contribution is -2.43. The highest BCUT2D eigenvalue weighted by molar-refractivity contribution is 6.91. The SMILES string of the molecule is C[Si](C)(C)c1cc2ccccc2c(O)c1-c1c([Si](C)(C)C)cc2ccccc2c1O. The Morgan fingerprint density at radius 2 is 0.867 bits per heavy atom. The molecule has 0 aromatic heterocycles. The smallest absolute Gasteiger partial charge is 0.131 e. The molecule has 0 aliphatic rings. The largest absolute Gasteiger partial charge is 0.507 e. The Morgan fingerprint density at radius 1 is 0.533 bits per heavy atom. The molecule has 0 saturated carbocycles. The highest BCUT2D eigenvalue weighted by atomic mass is 28.3. The van der Waals surface area contributed by atoms with Crippen LogP contribution in [0.3, 0.4) is 0 Å². The molecule has 0 aliphatic carbocycles. The number of rotatable bonds is 3. The molecule has 2 N–H and O–H groups in total. The van der Waals surface area contributed by atoms with Gasteiger partial charge in [-0.15, -0.1) is 0 Å². The van der Waals surface area contributed by atoms with Crippen molar-refractivity contribution in [3.05, 3.63) is 60.7 Å². The molecular weight excluding hydrogens is 400 g/mol. The average molecular weight is 431 g/mol. The maximum Gasteiger partial charge on any atom is 0.131 e. The van der Waals surface area contributed by atoms with Gasteiger partial charge in [-0.3, -0.25) is 0 Å². The minimum Gasteiger partial charge on any atom is -0.507 e. The second-order valence-corrected chi connectivity index (χ2v) is 20.3. The molecule has 0 aliphatic heterocycles. The van der Waals surface area contributed by atoms with E-state index in [4.69, 9.17) is 0 Å². The van der Waals surface area contributed by atoms with Crippen LogP contribution in [0.15, 0.2) is 60.7 Å². The molecule has 4 heteroatoms. The van der Waals surface area contributed by atoms with Crippen molar-refractivity contribution in [2.24, 2.45) is 0 Å². The Kier molecular flexibility index (Phi) is 4.83. The predicted octanol–water partition coefficient (Wildman–Crippen LogP) is 6.16. The summed E-state index contributed by atoms with van der Waals surface area (Å²) >= 11 is 0. The molecule has 30 heavy (non-hydrogen) atoms. The fourth-order valence-corrected chi connectivity index (χ4v) is 7.51. The summed E-state index contributed by atoms with van der Waals surface area (Å²) < 4.78 is 0. The van der Waals surface area contributed by atoms with E-state index in [9.17, 15) is 10.2 Å². The fourth-order valence-electron chi connectivity index (χ4n) is 4.35. The second kappa shape index (κ2) is 7.00. The number of hydrogen-bond acceptors (Lipinski definition) is 2. The van der Waals surface area contributed by atoms with E-state index in [1.54, 1.807) is 0 Å². The van der Waals surface area contributed by atoms with Gasteiger partial charge in [0.15, 0.2) is 0 Å². The molecule has 2 nitrogen and oxygen atoms in total. The zero-order valence-corrected chi connectivity index (χ0v) is 20.7. The van der Waals surface area contributed by atoms with Crippen LogP contribution < -0.4 is 10.4 Å². The summed E-state index contributed by atoms with van der Waals surface area (Å²) in [6.45, 7) is 13.8. The molecule has 0 heterocycles. The van der Waals surface area contributed by atoms with E-state index in [1.807, 2.05) is 36.4 Å². The van der Waals surface area contributed by atoms with Crippen LogP contribution in [0.25, 0.3) is 32.7 Å². The summed E-state index contributed by atoms with van der Waals surface area (Å²) in [5, 5.41) is 29.3. The van der Waals surface area contributed by atoms with Gasteiger partial charge in [0.05, 0.1) is 16.1 Å². The first kappa shape index (κ1) is 20.7. The van der Waals surface area contributed by atoms with Gasteiger partial charge in [-0.2, -0.15) is 0 Å². The van der Waals surface area contributed by atoms with E-state index >= 15 is 0 Å². The van der Waals surface area contributed by atoms with E-state index in [0.29, 0.717) is 0 Å². The molecule has 0 saturated heterocycles. The third-order valence-electron chi connectivity index (χ3n) is 5.91. The van der Waals surface area contributed by atoms with Crippen molar-refractivity contribution >= 4 is 48.1 Å². The quantitative estimate of drug-likeness (QED) is 0.382. The van der Waals surface area contributed by atoms with E-state index in [0.717, 1.165) is 32.7 Å². The molecule has 0 radical (unpaired) electrons. The lowest BCUT2D eigenvalue weighted by Gasteiger charge is -2.29.